The van der Waals surface area contributed by atoms with Crippen LogP contribution in [0.15, 0.2) is 30.3 Å². The van der Waals surface area contributed by atoms with E-state index in [1.165, 1.54) is 0 Å². The predicted molar refractivity (Wildman–Crippen MR) is 48.2 cm³/mol. The maximum atomic E-state index is 10.7. The number of hydrogen-bond donors (Lipinski definition) is 2. The van der Waals surface area contributed by atoms with Crippen LogP contribution in [-0.4, -0.2) is 12.2 Å². The van der Waals surface area contributed by atoms with Gasteiger partial charge in [-0.2, -0.15) is 0 Å². The van der Waals surface area contributed by atoms with Gasteiger partial charge in [0.1, 0.15) is 5.75 Å². The molecule has 0 bridgehead atoms. The second-order valence-electron chi connectivity index (χ2n) is 2.09. The first kappa shape index (κ1) is 11.9. The highest BCUT2D eigenvalue weighted by Crippen LogP contribution is 2.08. The fourth-order valence-corrected chi connectivity index (χ4v) is 0.688. The maximum absolute atomic E-state index is 10.7. The standard InChI is InChI=1S/C8H7NO4.H3N/c9-7(10)13-8(11)12-6-4-2-1-3-5-6;/h1-5H,(H2,9,10);1H3. The molecule has 1 amide bonds. The van der Waals surface area contributed by atoms with Gasteiger partial charge in [0, 0.05) is 0 Å². The lowest BCUT2D eigenvalue weighted by Crippen LogP contribution is -2.20. The zero-order chi connectivity index (χ0) is 9.68. The summed E-state index contributed by atoms with van der Waals surface area (Å²) >= 11 is 0. The molecule has 1 rings (SSSR count). The van der Waals surface area contributed by atoms with E-state index in [4.69, 9.17) is 0 Å². The third-order valence-electron chi connectivity index (χ3n) is 1.13. The van der Waals surface area contributed by atoms with Crippen LogP contribution in [0.25, 0.3) is 0 Å². The molecule has 0 aliphatic carbocycles. The van der Waals surface area contributed by atoms with Gasteiger partial charge in [-0.25, -0.2) is 9.59 Å². The molecule has 6 nitrogen and oxygen atoms in total. The Morgan fingerprint density at radius 2 is 1.71 bits per heavy atom. The fourth-order valence-electron chi connectivity index (χ4n) is 0.688. The first-order valence-electron chi connectivity index (χ1n) is 3.42. The van der Waals surface area contributed by atoms with Gasteiger partial charge in [0.25, 0.3) is 0 Å². The van der Waals surface area contributed by atoms with Crippen LogP contribution in [0.2, 0.25) is 0 Å². The summed E-state index contributed by atoms with van der Waals surface area (Å²) in [7, 11) is 0. The number of carbonyl (C=O) groups is 2. The van der Waals surface area contributed by atoms with Crippen LogP contribution in [-0.2, 0) is 4.74 Å². The van der Waals surface area contributed by atoms with E-state index >= 15 is 0 Å². The second kappa shape index (κ2) is 5.55. The van der Waals surface area contributed by atoms with Crippen LogP contribution in [0, 0.1) is 0 Å². The van der Waals surface area contributed by atoms with Crippen molar-refractivity contribution < 1.29 is 19.1 Å². The van der Waals surface area contributed by atoms with Gasteiger partial charge in [-0.15, -0.1) is 0 Å². The SMILES string of the molecule is N.NC(=O)OC(=O)Oc1ccccc1. The Labute approximate surface area is 80.2 Å². The number of amides is 1. The van der Waals surface area contributed by atoms with Crippen LogP contribution in [0.3, 0.4) is 0 Å². The Morgan fingerprint density at radius 3 is 2.21 bits per heavy atom. The number of carbonyl (C=O) groups excluding carboxylic acids is 2. The zero-order valence-electron chi connectivity index (χ0n) is 7.30. The Kier molecular flexibility index (Phi) is 4.72. The molecule has 0 saturated carbocycles. The number of nitrogens with two attached hydrogens (primary N) is 1. The molecule has 0 aliphatic rings. The largest absolute Gasteiger partial charge is 0.523 e. The summed E-state index contributed by atoms with van der Waals surface area (Å²) in [6.07, 6.45) is -2.33. The molecule has 0 heterocycles. The summed E-state index contributed by atoms with van der Waals surface area (Å²) in [6, 6.07) is 8.19. The third kappa shape index (κ3) is 4.07. The molecule has 1 aromatic rings. The minimum Gasteiger partial charge on any atom is -0.395 e. The van der Waals surface area contributed by atoms with Gasteiger partial charge < -0.3 is 21.4 Å². The van der Waals surface area contributed by atoms with E-state index in [1.807, 2.05) is 0 Å². The minimum absolute atomic E-state index is 0. The molecule has 6 heteroatoms. The summed E-state index contributed by atoms with van der Waals surface area (Å²) in [6.45, 7) is 0. The van der Waals surface area contributed by atoms with Crippen molar-refractivity contribution in [3.63, 3.8) is 0 Å². The number of ether oxygens (including phenoxy) is 2. The van der Waals surface area contributed by atoms with Crippen LogP contribution >= 0.6 is 0 Å². The summed E-state index contributed by atoms with van der Waals surface area (Å²) in [5.41, 5.74) is 4.59. The highest BCUT2D eigenvalue weighted by Gasteiger charge is 2.08. The van der Waals surface area contributed by atoms with Gasteiger partial charge in [0.15, 0.2) is 0 Å². The van der Waals surface area contributed by atoms with Crippen molar-refractivity contribution in [3.8, 4) is 5.75 Å². The average Bonchev–Trinajstić information content (AvgIpc) is 2.04. The summed E-state index contributed by atoms with van der Waals surface area (Å²) in [5, 5.41) is 0. The quantitative estimate of drug-likeness (QED) is 0.402. The predicted octanol–water partition coefficient (Wildman–Crippen LogP) is 1.44. The van der Waals surface area contributed by atoms with Crippen molar-refractivity contribution in [1.29, 1.82) is 0 Å². The molecule has 14 heavy (non-hydrogen) atoms. The van der Waals surface area contributed by atoms with Crippen molar-refractivity contribution in [3.05, 3.63) is 30.3 Å². The molecule has 0 atom stereocenters. The first-order chi connectivity index (χ1) is 6.18. The lowest BCUT2D eigenvalue weighted by Gasteiger charge is -2.00. The van der Waals surface area contributed by atoms with E-state index in [0.29, 0.717) is 0 Å². The molecule has 0 saturated heterocycles. The summed E-state index contributed by atoms with van der Waals surface area (Å²) in [5.74, 6) is 0.286. The van der Waals surface area contributed by atoms with Crippen LogP contribution < -0.4 is 16.6 Å². The number of para-hydroxylation sites is 1. The smallest absolute Gasteiger partial charge is 0.395 e. The van der Waals surface area contributed by atoms with Crippen LogP contribution in [0.5, 0.6) is 5.75 Å². The van der Waals surface area contributed by atoms with E-state index in [-0.39, 0.29) is 11.9 Å². The van der Waals surface area contributed by atoms with Gasteiger partial charge in [0.2, 0.25) is 0 Å². The minimum atomic E-state index is -1.19. The van der Waals surface area contributed by atoms with Gasteiger partial charge in [-0.05, 0) is 12.1 Å². The number of benzene rings is 1. The number of primary amides is 1. The molecule has 0 aliphatic heterocycles. The van der Waals surface area contributed by atoms with Gasteiger partial charge in [0.05, 0.1) is 0 Å². The van der Waals surface area contributed by atoms with E-state index in [2.05, 4.69) is 15.2 Å². The second-order valence-corrected chi connectivity index (χ2v) is 2.09. The lowest BCUT2D eigenvalue weighted by molar-refractivity contribution is 0.120. The van der Waals surface area contributed by atoms with Crippen molar-refractivity contribution in [2.24, 2.45) is 5.73 Å². The summed E-state index contributed by atoms with van der Waals surface area (Å²) < 4.78 is 8.50. The van der Waals surface area contributed by atoms with Crippen molar-refractivity contribution in [2.45, 2.75) is 0 Å². The average molecular weight is 198 g/mol. The lowest BCUT2D eigenvalue weighted by atomic mass is 10.3. The van der Waals surface area contributed by atoms with E-state index < -0.39 is 12.2 Å². The van der Waals surface area contributed by atoms with Crippen molar-refractivity contribution >= 4 is 12.2 Å². The van der Waals surface area contributed by atoms with Crippen molar-refractivity contribution in [1.82, 2.24) is 6.15 Å². The monoisotopic (exact) mass is 198 g/mol. The van der Waals surface area contributed by atoms with E-state index in [9.17, 15) is 9.59 Å². The highest BCUT2D eigenvalue weighted by molar-refractivity contribution is 5.80. The third-order valence-corrected chi connectivity index (χ3v) is 1.13. The van der Waals surface area contributed by atoms with Crippen LogP contribution in [0.4, 0.5) is 9.59 Å². The zero-order valence-corrected chi connectivity index (χ0v) is 7.30. The Hall–Kier alpha value is -2.08. The summed E-state index contributed by atoms with van der Waals surface area (Å²) in [4.78, 5) is 20.8. The molecule has 0 radical (unpaired) electrons. The molecule has 0 spiro atoms. The molecule has 0 aromatic heterocycles. The number of hydrogen-bond acceptors (Lipinski definition) is 5. The van der Waals surface area contributed by atoms with E-state index in [1.54, 1.807) is 30.3 Å². The van der Waals surface area contributed by atoms with Gasteiger partial charge in [-0.1, -0.05) is 18.2 Å². The molecule has 5 N–H and O–H groups in total. The maximum Gasteiger partial charge on any atom is 0.523 e. The molecule has 1 aromatic carbocycles. The highest BCUT2D eigenvalue weighted by atomic mass is 16.7. The molecular formula is C8H10N2O4. The molecular weight excluding hydrogens is 188 g/mol. The van der Waals surface area contributed by atoms with Crippen molar-refractivity contribution in [2.75, 3.05) is 0 Å². The van der Waals surface area contributed by atoms with E-state index in [0.717, 1.165) is 0 Å². The van der Waals surface area contributed by atoms with Gasteiger partial charge in [-0.3, -0.25) is 0 Å². The molecule has 76 valence electrons. The first-order valence-corrected chi connectivity index (χ1v) is 3.42. The normalized spacial score (nSPS) is 8.29. The van der Waals surface area contributed by atoms with Crippen LogP contribution in [0.1, 0.15) is 0 Å². The Morgan fingerprint density at radius 1 is 1.14 bits per heavy atom. The number of rotatable bonds is 1. The topological polar surface area (TPSA) is 114 Å². The Balaban J connectivity index is 0.00000169. The van der Waals surface area contributed by atoms with Gasteiger partial charge >= 0.3 is 12.2 Å². The molecule has 0 fully saturated rings. The molecule has 0 unspecified atom stereocenters. The fraction of sp³-hybridized carbons (Fsp3) is 0. The Bertz CT molecular complexity index is 312.